The number of allylic oxidation sites excluding steroid dienone is 2. The van der Waals surface area contributed by atoms with Crippen LogP contribution < -0.4 is 5.73 Å². The molecule has 0 saturated carbocycles. The lowest BCUT2D eigenvalue weighted by molar-refractivity contribution is 0.628. The second kappa shape index (κ2) is 5.36. The van der Waals surface area contributed by atoms with Crippen molar-refractivity contribution in [1.29, 1.82) is 0 Å². The quantitative estimate of drug-likeness (QED) is 0.798. The van der Waals surface area contributed by atoms with E-state index < -0.39 is 0 Å². The summed E-state index contributed by atoms with van der Waals surface area (Å²) in [4.78, 5) is 3.24. The summed E-state index contributed by atoms with van der Waals surface area (Å²) in [6.07, 6.45) is 5.56. The standard InChI is InChI=1S/C15H19FN2/c1-10(2)3-4-11-7-13(16)8-14-12(5-6-17)9-18-15(11)14/h3,7-9,18H,4-6,17H2,1-2H3. The summed E-state index contributed by atoms with van der Waals surface area (Å²) in [6, 6.07) is 3.19. The Bertz CT molecular complexity index is 577. The maximum Gasteiger partial charge on any atom is 0.124 e. The first-order valence-electron chi connectivity index (χ1n) is 6.23. The molecular weight excluding hydrogens is 227 g/mol. The van der Waals surface area contributed by atoms with Gasteiger partial charge in [-0.05, 0) is 56.5 Å². The molecule has 96 valence electrons. The maximum absolute atomic E-state index is 13.7. The molecule has 3 N–H and O–H groups in total. The Balaban J connectivity index is 2.49. The predicted molar refractivity (Wildman–Crippen MR) is 74.2 cm³/mol. The monoisotopic (exact) mass is 246 g/mol. The molecule has 0 spiro atoms. The molecule has 18 heavy (non-hydrogen) atoms. The van der Waals surface area contributed by atoms with E-state index in [2.05, 4.69) is 11.1 Å². The minimum absolute atomic E-state index is 0.183. The van der Waals surface area contributed by atoms with E-state index in [1.807, 2.05) is 20.0 Å². The number of hydrogen-bond acceptors (Lipinski definition) is 1. The van der Waals surface area contributed by atoms with Crippen molar-refractivity contribution < 1.29 is 4.39 Å². The largest absolute Gasteiger partial charge is 0.361 e. The first kappa shape index (κ1) is 12.8. The molecule has 0 atom stereocenters. The van der Waals surface area contributed by atoms with E-state index in [0.29, 0.717) is 6.54 Å². The molecule has 2 rings (SSSR count). The summed E-state index contributed by atoms with van der Waals surface area (Å²) in [5, 5.41) is 0.956. The molecule has 1 aromatic carbocycles. The van der Waals surface area contributed by atoms with E-state index in [4.69, 9.17) is 5.73 Å². The highest BCUT2D eigenvalue weighted by atomic mass is 19.1. The summed E-state index contributed by atoms with van der Waals surface area (Å²) < 4.78 is 13.7. The number of nitrogens with two attached hydrogens (primary N) is 1. The van der Waals surface area contributed by atoms with E-state index in [9.17, 15) is 4.39 Å². The number of halogens is 1. The van der Waals surface area contributed by atoms with Gasteiger partial charge < -0.3 is 10.7 Å². The average molecular weight is 246 g/mol. The topological polar surface area (TPSA) is 41.8 Å². The van der Waals surface area contributed by atoms with Crippen LogP contribution in [0.1, 0.15) is 25.0 Å². The Kier molecular flexibility index (Phi) is 3.82. The van der Waals surface area contributed by atoms with Gasteiger partial charge in [0.15, 0.2) is 0 Å². The summed E-state index contributed by atoms with van der Waals surface area (Å²) in [6.45, 7) is 4.67. The zero-order chi connectivity index (χ0) is 13.1. The lowest BCUT2D eigenvalue weighted by Crippen LogP contribution is -2.01. The lowest BCUT2D eigenvalue weighted by Gasteiger charge is -2.03. The highest BCUT2D eigenvalue weighted by molar-refractivity contribution is 5.86. The zero-order valence-corrected chi connectivity index (χ0v) is 10.9. The van der Waals surface area contributed by atoms with Crippen molar-refractivity contribution in [2.24, 2.45) is 5.73 Å². The summed E-state index contributed by atoms with van der Waals surface area (Å²) in [5.74, 6) is -0.183. The Morgan fingerprint density at radius 2 is 2.11 bits per heavy atom. The molecule has 0 bridgehead atoms. The summed E-state index contributed by atoms with van der Waals surface area (Å²) in [7, 11) is 0. The van der Waals surface area contributed by atoms with Crippen molar-refractivity contribution in [3.63, 3.8) is 0 Å². The highest BCUT2D eigenvalue weighted by Gasteiger charge is 2.09. The van der Waals surface area contributed by atoms with Gasteiger partial charge in [0.2, 0.25) is 0 Å². The fourth-order valence-corrected chi connectivity index (χ4v) is 2.16. The van der Waals surface area contributed by atoms with Crippen molar-refractivity contribution >= 4 is 10.9 Å². The number of benzene rings is 1. The van der Waals surface area contributed by atoms with Gasteiger partial charge >= 0.3 is 0 Å². The Labute approximate surface area is 107 Å². The van der Waals surface area contributed by atoms with Crippen LogP contribution in [-0.4, -0.2) is 11.5 Å². The van der Waals surface area contributed by atoms with Crippen LogP contribution in [0.15, 0.2) is 30.0 Å². The minimum Gasteiger partial charge on any atom is -0.361 e. The molecule has 0 aliphatic heterocycles. The van der Waals surface area contributed by atoms with Gasteiger partial charge in [0.25, 0.3) is 0 Å². The van der Waals surface area contributed by atoms with E-state index in [1.54, 1.807) is 12.1 Å². The third-order valence-electron chi connectivity index (χ3n) is 3.07. The van der Waals surface area contributed by atoms with Crippen molar-refractivity contribution in [1.82, 2.24) is 4.98 Å². The Morgan fingerprint density at radius 1 is 1.33 bits per heavy atom. The van der Waals surface area contributed by atoms with Gasteiger partial charge in [-0.2, -0.15) is 0 Å². The molecule has 2 aromatic rings. The molecule has 1 aromatic heterocycles. The van der Waals surface area contributed by atoms with Crippen LogP contribution in [-0.2, 0) is 12.8 Å². The van der Waals surface area contributed by atoms with E-state index in [-0.39, 0.29) is 5.82 Å². The number of fused-ring (bicyclic) bond motifs is 1. The van der Waals surface area contributed by atoms with Crippen LogP contribution in [0.3, 0.4) is 0 Å². The molecule has 0 amide bonds. The Morgan fingerprint density at radius 3 is 2.78 bits per heavy atom. The van der Waals surface area contributed by atoms with Gasteiger partial charge in [0.05, 0.1) is 0 Å². The third kappa shape index (κ3) is 2.62. The number of aromatic amines is 1. The van der Waals surface area contributed by atoms with Crippen LogP contribution in [0.25, 0.3) is 10.9 Å². The van der Waals surface area contributed by atoms with Gasteiger partial charge in [0, 0.05) is 17.1 Å². The SMILES string of the molecule is CC(C)=CCc1cc(F)cc2c(CCN)c[nH]c12. The molecule has 0 unspecified atom stereocenters. The number of H-pyrrole nitrogens is 1. The van der Waals surface area contributed by atoms with Crippen molar-refractivity contribution in [3.05, 3.63) is 46.9 Å². The normalized spacial score (nSPS) is 10.9. The fraction of sp³-hybridized carbons (Fsp3) is 0.333. The molecule has 0 aliphatic rings. The van der Waals surface area contributed by atoms with E-state index >= 15 is 0 Å². The number of aromatic nitrogens is 1. The third-order valence-corrected chi connectivity index (χ3v) is 3.07. The molecule has 3 heteroatoms. The van der Waals surface area contributed by atoms with Gasteiger partial charge in [0.1, 0.15) is 5.82 Å². The minimum atomic E-state index is -0.183. The van der Waals surface area contributed by atoms with Crippen LogP contribution in [0.4, 0.5) is 4.39 Å². The van der Waals surface area contributed by atoms with Gasteiger partial charge in [-0.15, -0.1) is 0 Å². The van der Waals surface area contributed by atoms with Gasteiger partial charge in [-0.3, -0.25) is 0 Å². The second-order valence-corrected chi connectivity index (χ2v) is 4.83. The fourth-order valence-electron chi connectivity index (χ4n) is 2.16. The number of rotatable bonds is 4. The second-order valence-electron chi connectivity index (χ2n) is 4.83. The smallest absolute Gasteiger partial charge is 0.124 e. The molecule has 1 heterocycles. The van der Waals surface area contributed by atoms with Crippen molar-refractivity contribution in [3.8, 4) is 0 Å². The first-order chi connectivity index (χ1) is 8.61. The molecule has 0 radical (unpaired) electrons. The highest BCUT2D eigenvalue weighted by Crippen LogP contribution is 2.24. The summed E-state index contributed by atoms with van der Waals surface area (Å²) >= 11 is 0. The molecular formula is C15H19FN2. The maximum atomic E-state index is 13.7. The lowest BCUT2D eigenvalue weighted by atomic mass is 10.0. The van der Waals surface area contributed by atoms with Gasteiger partial charge in [-0.25, -0.2) is 4.39 Å². The molecule has 0 fully saturated rings. The molecule has 0 saturated heterocycles. The van der Waals surface area contributed by atoms with E-state index in [0.717, 1.165) is 34.9 Å². The van der Waals surface area contributed by atoms with Crippen LogP contribution in [0, 0.1) is 5.82 Å². The number of hydrogen-bond donors (Lipinski definition) is 2. The van der Waals surface area contributed by atoms with Crippen LogP contribution >= 0.6 is 0 Å². The number of nitrogens with one attached hydrogen (secondary N) is 1. The summed E-state index contributed by atoms with van der Waals surface area (Å²) in [5.41, 5.74) is 9.91. The first-order valence-corrected chi connectivity index (χ1v) is 6.23. The van der Waals surface area contributed by atoms with Crippen molar-refractivity contribution in [2.45, 2.75) is 26.7 Å². The molecule has 2 nitrogen and oxygen atoms in total. The Hall–Kier alpha value is -1.61. The zero-order valence-electron chi connectivity index (χ0n) is 10.9. The van der Waals surface area contributed by atoms with Crippen molar-refractivity contribution in [2.75, 3.05) is 6.54 Å². The molecule has 0 aliphatic carbocycles. The van der Waals surface area contributed by atoms with Crippen LogP contribution in [0.2, 0.25) is 0 Å². The van der Waals surface area contributed by atoms with Gasteiger partial charge in [-0.1, -0.05) is 11.6 Å². The average Bonchev–Trinajstić information content (AvgIpc) is 2.70. The van der Waals surface area contributed by atoms with E-state index in [1.165, 1.54) is 5.57 Å². The predicted octanol–water partition coefficient (Wildman–Crippen LogP) is 3.32. The van der Waals surface area contributed by atoms with Crippen LogP contribution in [0.5, 0.6) is 0 Å².